The third-order valence-corrected chi connectivity index (χ3v) is 5.48. The minimum Gasteiger partial charge on any atom is -0.759 e. The van der Waals surface area contributed by atoms with Crippen molar-refractivity contribution in [1.29, 1.82) is 0 Å². The van der Waals surface area contributed by atoms with Crippen LogP contribution < -0.4 is 0 Å². The van der Waals surface area contributed by atoms with Crippen LogP contribution in [0, 0.1) is 11.8 Å². The Morgan fingerprint density at radius 2 is 0.600 bits per heavy atom. The summed E-state index contributed by atoms with van der Waals surface area (Å²) < 4.78 is 105. The first-order chi connectivity index (χ1) is 10.5. The summed E-state index contributed by atoms with van der Waals surface area (Å²) in [6.45, 7) is 8.98. The average molecular weight is 640 g/mol. The van der Waals surface area contributed by atoms with Gasteiger partial charge in [-0.3, -0.25) is 25.3 Å². The molecule has 0 amide bonds. The van der Waals surface area contributed by atoms with Crippen LogP contribution in [0.1, 0.15) is 27.7 Å². The molecule has 0 aliphatic rings. The standard InChI is InChI=1S/2C4H9.3H2O4S.2Sn/c2*1-4(2)3;3*1-5(2,3)4;;/h2*4H,1H2,2-3H3;3*(H2,1,2,3,4);;/q;;;;;2*+3/p-6. The van der Waals surface area contributed by atoms with Crippen molar-refractivity contribution in [2.24, 2.45) is 11.8 Å². The van der Waals surface area contributed by atoms with E-state index in [0.717, 1.165) is 11.8 Å². The zero-order valence-corrected chi connectivity index (χ0v) is 21.9. The zero-order chi connectivity index (χ0) is 22.1. The van der Waals surface area contributed by atoms with Gasteiger partial charge in [0.1, 0.15) is 0 Å². The van der Waals surface area contributed by atoms with E-state index in [-0.39, 0.29) is 0 Å². The second-order valence-electron chi connectivity index (χ2n) is 4.42. The van der Waals surface area contributed by atoms with Crippen molar-refractivity contribution in [3.63, 3.8) is 0 Å². The fourth-order valence-electron chi connectivity index (χ4n) is 0. The van der Waals surface area contributed by atoms with Crippen molar-refractivity contribution in [2.45, 2.75) is 36.6 Å². The monoisotopic (exact) mass is 642 g/mol. The molecular formula is C8H18O12S3Sn2. The van der Waals surface area contributed by atoms with E-state index in [1.807, 2.05) is 0 Å². The van der Waals surface area contributed by atoms with Gasteiger partial charge < -0.3 is 27.3 Å². The molecular weight excluding hydrogens is 622 g/mol. The van der Waals surface area contributed by atoms with Crippen molar-refractivity contribution in [3.8, 4) is 0 Å². The first-order valence-electron chi connectivity index (χ1n) is 5.83. The molecule has 0 aromatic rings. The van der Waals surface area contributed by atoms with Crippen molar-refractivity contribution in [2.75, 3.05) is 0 Å². The fraction of sp³-hybridized carbons (Fsp3) is 1.00. The van der Waals surface area contributed by atoms with Gasteiger partial charge in [-0.05, 0) is 0 Å². The van der Waals surface area contributed by atoms with E-state index < -0.39 is 31.2 Å². The minimum absolute atomic E-state index is 0.924. The molecule has 0 N–H and O–H groups in total. The van der Waals surface area contributed by atoms with Gasteiger partial charge in [0.2, 0.25) is 0 Å². The predicted molar refractivity (Wildman–Crippen MR) is 82.2 cm³/mol. The van der Waals surface area contributed by atoms with Crippen LogP contribution in [-0.2, 0) is 31.2 Å². The van der Waals surface area contributed by atoms with Crippen LogP contribution in [0.5, 0.6) is 0 Å². The fourth-order valence-corrected chi connectivity index (χ4v) is 0. The molecule has 0 fully saturated rings. The first-order valence-corrected chi connectivity index (χ1v) is 13.9. The maximum absolute atomic E-state index is 8.52. The molecule has 0 radical (unpaired) electrons. The summed E-state index contributed by atoms with van der Waals surface area (Å²) in [6.07, 6.45) is 0. The van der Waals surface area contributed by atoms with Crippen LogP contribution in [0.15, 0.2) is 0 Å². The third-order valence-electron chi connectivity index (χ3n) is 0.816. The van der Waals surface area contributed by atoms with Crippen LogP contribution in [0.2, 0.25) is 8.87 Å². The van der Waals surface area contributed by atoms with Gasteiger partial charge in [0.05, 0.1) is 0 Å². The third kappa shape index (κ3) is 501. The van der Waals surface area contributed by atoms with Crippen molar-refractivity contribution >= 4 is 76.2 Å². The topological polar surface area (TPSA) is 241 Å². The van der Waals surface area contributed by atoms with E-state index in [2.05, 4.69) is 27.7 Å². The Kier molecular flexibility index (Phi) is 29.6. The minimum atomic E-state index is -5.17. The van der Waals surface area contributed by atoms with E-state index in [1.165, 1.54) is 8.87 Å². The summed E-state index contributed by atoms with van der Waals surface area (Å²) in [5.41, 5.74) is 0. The molecule has 17 heteroatoms. The predicted octanol–water partition coefficient (Wildman–Crippen LogP) is -1.56. The summed E-state index contributed by atoms with van der Waals surface area (Å²) in [4.78, 5) is 0. The van der Waals surface area contributed by atoms with Crippen molar-refractivity contribution in [1.82, 2.24) is 0 Å². The molecule has 0 saturated heterocycles. The second-order valence-corrected chi connectivity index (χ2v) is 9.20. The smallest absolute Gasteiger partial charge is 0.0311 e. The average Bonchev–Trinajstić information content (AvgIpc) is 2.22. The summed E-state index contributed by atoms with van der Waals surface area (Å²) in [5.74, 6) is 1.85. The molecule has 0 aliphatic heterocycles. The van der Waals surface area contributed by atoms with Gasteiger partial charge in [0.15, 0.2) is 0 Å². The van der Waals surface area contributed by atoms with E-state index in [1.54, 1.807) is 45.0 Å². The van der Waals surface area contributed by atoms with Crippen LogP contribution in [0.4, 0.5) is 0 Å². The molecule has 0 aromatic carbocycles. The van der Waals surface area contributed by atoms with Gasteiger partial charge in [0, 0.05) is 31.2 Å². The van der Waals surface area contributed by atoms with E-state index in [4.69, 9.17) is 52.6 Å². The zero-order valence-electron chi connectivity index (χ0n) is 13.7. The molecule has 0 saturated carbocycles. The van der Waals surface area contributed by atoms with Gasteiger partial charge in [-0.1, -0.05) is 0 Å². The van der Waals surface area contributed by atoms with Crippen LogP contribution in [-0.4, -0.2) is 97.6 Å². The molecule has 0 aliphatic carbocycles. The summed E-state index contributed by atoms with van der Waals surface area (Å²) in [5, 5.41) is 0. The molecule has 0 heterocycles. The normalized spacial score (nSPS) is 10.9. The first kappa shape index (κ1) is 37.0. The molecule has 0 bridgehead atoms. The number of hydrogen-bond acceptors (Lipinski definition) is 12. The Morgan fingerprint density at radius 1 is 0.560 bits per heavy atom. The Balaban J connectivity index is -0.0000000667. The maximum atomic E-state index is 8.52. The second kappa shape index (κ2) is 20.0. The van der Waals surface area contributed by atoms with E-state index in [9.17, 15) is 0 Å². The summed E-state index contributed by atoms with van der Waals surface area (Å²) in [6, 6.07) is 0. The van der Waals surface area contributed by atoms with Gasteiger partial charge in [-0.25, -0.2) is 0 Å². The molecule has 0 aromatic heterocycles. The quantitative estimate of drug-likeness (QED) is 0.189. The van der Waals surface area contributed by atoms with Crippen LogP contribution in [0.25, 0.3) is 0 Å². The largest absolute Gasteiger partial charge is 0.759 e. The van der Waals surface area contributed by atoms with Gasteiger partial charge >= 0.3 is 93.5 Å². The number of rotatable bonds is 2. The van der Waals surface area contributed by atoms with Crippen molar-refractivity contribution < 1.29 is 52.6 Å². The molecule has 0 spiro atoms. The van der Waals surface area contributed by atoms with Crippen LogP contribution in [0.3, 0.4) is 0 Å². The summed E-state index contributed by atoms with van der Waals surface area (Å²) in [7, 11) is -15.5. The van der Waals surface area contributed by atoms with E-state index in [0.29, 0.717) is 0 Å². The molecule has 25 heavy (non-hydrogen) atoms. The van der Waals surface area contributed by atoms with Gasteiger partial charge in [-0.2, -0.15) is 0 Å². The Hall–Kier alpha value is 1.21. The van der Waals surface area contributed by atoms with E-state index >= 15 is 0 Å². The molecule has 0 rings (SSSR count). The SMILES string of the molecule is CC(C)[CH2][Sn+3].CC(C)[CH2][Sn+3].O=S(=O)([O-])[O-].O=S(=O)([O-])[O-].O=S(=O)([O-])[O-]. The number of hydrogen-bond donors (Lipinski definition) is 0. The van der Waals surface area contributed by atoms with Crippen molar-refractivity contribution in [3.05, 3.63) is 0 Å². The Morgan fingerprint density at radius 3 is 0.600 bits per heavy atom. The maximum Gasteiger partial charge on any atom is 0.0311 e. The molecule has 148 valence electrons. The van der Waals surface area contributed by atoms with Gasteiger partial charge in [0.25, 0.3) is 0 Å². The molecule has 0 atom stereocenters. The summed E-state index contributed by atoms with van der Waals surface area (Å²) >= 11 is 3.33. The molecule has 0 unspecified atom stereocenters. The Labute approximate surface area is 176 Å². The Bertz CT molecular complexity index is 464. The van der Waals surface area contributed by atoms with Gasteiger partial charge in [-0.15, -0.1) is 0 Å². The van der Waals surface area contributed by atoms with Crippen LogP contribution >= 0.6 is 0 Å². The molecule has 12 nitrogen and oxygen atoms in total.